The summed E-state index contributed by atoms with van der Waals surface area (Å²) in [6.07, 6.45) is 3.83. The first-order chi connectivity index (χ1) is 6.20. The van der Waals surface area contributed by atoms with E-state index in [2.05, 4.69) is 47.3 Å². The standard InChI is InChI=1S/C11H17BrS/c1-9(2)11(12)7-3-5-10-6-4-8-13-10/h4,6,8-9,11H,3,5,7H2,1-2H3. The van der Waals surface area contributed by atoms with Crippen LogP contribution in [0.5, 0.6) is 0 Å². The zero-order valence-corrected chi connectivity index (χ0v) is 10.7. The van der Waals surface area contributed by atoms with Gasteiger partial charge in [-0.3, -0.25) is 0 Å². The first-order valence-electron chi connectivity index (χ1n) is 4.86. The van der Waals surface area contributed by atoms with E-state index in [1.807, 2.05) is 11.3 Å². The minimum absolute atomic E-state index is 0.687. The van der Waals surface area contributed by atoms with Crippen molar-refractivity contribution in [2.24, 2.45) is 5.92 Å². The van der Waals surface area contributed by atoms with E-state index in [0.29, 0.717) is 4.83 Å². The summed E-state index contributed by atoms with van der Waals surface area (Å²) in [6.45, 7) is 4.54. The predicted molar refractivity (Wildman–Crippen MR) is 64.8 cm³/mol. The summed E-state index contributed by atoms with van der Waals surface area (Å²) in [5.74, 6) is 0.753. The molecule has 1 aromatic heterocycles. The molecule has 1 unspecified atom stereocenters. The van der Waals surface area contributed by atoms with Crippen LogP contribution in [-0.2, 0) is 6.42 Å². The summed E-state index contributed by atoms with van der Waals surface area (Å²) < 4.78 is 0. The molecule has 0 N–H and O–H groups in total. The van der Waals surface area contributed by atoms with Gasteiger partial charge in [-0.15, -0.1) is 11.3 Å². The van der Waals surface area contributed by atoms with Gasteiger partial charge in [0.15, 0.2) is 0 Å². The summed E-state index contributed by atoms with van der Waals surface area (Å²) in [5, 5.41) is 2.16. The molecule has 13 heavy (non-hydrogen) atoms. The predicted octanol–water partition coefficient (Wildman–Crippen LogP) is 4.49. The third kappa shape index (κ3) is 4.28. The van der Waals surface area contributed by atoms with Crippen molar-refractivity contribution in [2.45, 2.75) is 37.9 Å². The second kappa shape index (κ2) is 5.82. The fraction of sp³-hybridized carbons (Fsp3) is 0.636. The average Bonchev–Trinajstić information content (AvgIpc) is 2.56. The van der Waals surface area contributed by atoms with Gasteiger partial charge in [-0.25, -0.2) is 0 Å². The number of aryl methyl sites for hydroxylation is 1. The number of hydrogen-bond acceptors (Lipinski definition) is 1. The van der Waals surface area contributed by atoms with Crippen LogP contribution in [0, 0.1) is 5.92 Å². The molecule has 2 heteroatoms. The Bertz CT molecular complexity index is 216. The molecule has 0 spiro atoms. The normalized spacial score (nSPS) is 13.5. The molecule has 0 bridgehead atoms. The summed E-state index contributed by atoms with van der Waals surface area (Å²) in [6, 6.07) is 4.36. The largest absolute Gasteiger partial charge is 0.149 e. The fourth-order valence-corrected chi connectivity index (χ4v) is 2.33. The Labute approximate surface area is 93.5 Å². The van der Waals surface area contributed by atoms with Crippen LogP contribution in [0.2, 0.25) is 0 Å². The van der Waals surface area contributed by atoms with Gasteiger partial charge in [0.25, 0.3) is 0 Å². The molecule has 1 aromatic rings. The first kappa shape index (κ1) is 11.3. The monoisotopic (exact) mass is 260 g/mol. The lowest BCUT2D eigenvalue weighted by Crippen LogP contribution is -2.06. The molecule has 0 amide bonds. The smallest absolute Gasteiger partial charge is 0.0168 e. The van der Waals surface area contributed by atoms with E-state index in [0.717, 1.165) is 5.92 Å². The van der Waals surface area contributed by atoms with E-state index in [-0.39, 0.29) is 0 Å². The third-order valence-electron chi connectivity index (χ3n) is 2.21. The molecule has 0 fully saturated rings. The lowest BCUT2D eigenvalue weighted by molar-refractivity contribution is 0.564. The highest BCUT2D eigenvalue weighted by molar-refractivity contribution is 9.09. The van der Waals surface area contributed by atoms with Crippen LogP contribution in [0.1, 0.15) is 31.6 Å². The van der Waals surface area contributed by atoms with Crippen LogP contribution in [0.15, 0.2) is 17.5 Å². The van der Waals surface area contributed by atoms with Crippen molar-refractivity contribution in [1.82, 2.24) is 0 Å². The zero-order chi connectivity index (χ0) is 9.68. The summed E-state index contributed by atoms with van der Waals surface area (Å²) in [7, 11) is 0. The van der Waals surface area contributed by atoms with Gasteiger partial charge in [0.2, 0.25) is 0 Å². The Morgan fingerprint density at radius 3 is 2.77 bits per heavy atom. The number of halogens is 1. The molecule has 1 atom stereocenters. The highest BCUT2D eigenvalue weighted by atomic mass is 79.9. The Balaban J connectivity index is 2.14. The van der Waals surface area contributed by atoms with Gasteiger partial charge in [0.1, 0.15) is 0 Å². The van der Waals surface area contributed by atoms with Gasteiger partial charge in [0.05, 0.1) is 0 Å². The topological polar surface area (TPSA) is 0 Å². The SMILES string of the molecule is CC(C)C(Br)CCCc1cccs1. The van der Waals surface area contributed by atoms with E-state index >= 15 is 0 Å². The molecule has 0 aliphatic carbocycles. The molecule has 1 rings (SSSR count). The number of thiophene rings is 1. The Hall–Kier alpha value is 0.180. The molecular formula is C11H17BrS. The number of rotatable bonds is 5. The van der Waals surface area contributed by atoms with Crippen molar-refractivity contribution in [3.05, 3.63) is 22.4 Å². The van der Waals surface area contributed by atoms with Gasteiger partial charge in [-0.1, -0.05) is 35.8 Å². The van der Waals surface area contributed by atoms with E-state index < -0.39 is 0 Å². The summed E-state index contributed by atoms with van der Waals surface area (Å²) in [5.41, 5.74) is 0. The van der Waals surface area contributed by atoms with Crippen molar-refractivity contribution < 1.29 is 0 Å². The lowest BCUT2D eigenvalue weighted by atomic mass is 10.0. The van der Waals surface area contributed by atoms with Gasteiger partial charge in [-0.2, -0.15) is 0 Å². The van der Waals surface area contributed by atoms with Gasteiger partial charge < -0.3 is 0 Å². The molecule has 0 aliphatic heterocycles. The van der Waals surface area contributed by atoms with Crippen LogP contribution in [0.4, 0.5) is 0 Å². The van der Waals surface area contributed by atoms with E-state index in [9.17, 15) is 0 Å². The molecular weight excluding hydrogens is 244 g/mol. The quantitative estimate of drug-likeness (QED) is 0.685. The second-order valence-electron chi connectivity index (χ2n) is 3.73. The van der Waals surface area contributed by atoms with Gasteiger partial charge >= 0.3 is 0 Å². The zero-order valence-electron chi connectivity index (χ0n) is 8.29. The second-order valence-corrected chi connectivity index (χ2v) is 5.94. The van der Waals surface area contributed by atoms with Crippen molar-refractivity contribution in [2.75, 3.05) is 0 Å². The lowest BCUT2D eigenvalue weighted by Gasteiger charge is -2.12. The Morgan fingerprint density at radius 2 is 2.23 bits per heavy atom. The summed E-state index contributed by atoms with van der Waals surface area (Å²) >= 11 is 5.58. The van der Waals surface area contributed by atoms with Crippen LogP contribution >= 0.6 is 27.3 Å². The maximum atomic E-state index is 3.71. The van der Waals surface area contributed by atoms with Gasteiger partial charge in [0, 0.05) is 9.70 Å². The maximum Gasteiger partial charge on any atom is 0.0168 e. The van der Waals surface area contributed by atoms with Crippen LogP contribution in [-0.4, -0.2) is 4.83 Å². The van der Waals surface area contributed by atoms with Crippen molar-refractivity contribution in [3.63, 3.8) is 0 Å². The molecule has 0 aromatic carbocycles. The average molecular weight is 261 g/mol. The van der Waals surface area contributed by atoms with Crippen molar-refractivity contribution in [3.8, 4) is 0 Å². The highest BCUT2D eigenvalue weighted by Gasteiger charge is 2.08. The van der Waals surface area contributed by atoms with E-state index in [1.54, 1.807) is 0 Å². The van der Waals surface area contributed by atoms with Gasteiger partial charge in [-0.05, 0) is 36.6 Å². The van der Waals surface area contributed by atoms with Crippen LogP contribution in [0.25, 0.3) is 0 Å². The molecule has 0 radical (unpaired) electrons. The maximum absolute atomic E-state index is 3.71. The molecule has 1 heterocycles. The molecule has 0 saturated heterocycles. The number of alkyl halides is 1. The minimum atomic E-state index is 0.687. The Morgan fingerprint density at radius 1 is 1.46 bits per heavy atom. The summed E-state index contributed by atoms with van der Waals surface area (Å²) in [4.78, 5) is 2.20. The molecule has 0 aliphatic rings. The van der Waals surface area contributed by atoms with E-state index in [4.69, 9.17) is 0 Å². The molecule has 74 valence electrons. The molecule has 0 nitrogen and oxygen atoms in total. The van der Waals surface area contributed by atoms with Crippen LogP contribution < -0.4 is 0 Å². The number of hydrogen-bond donors (Lipinski definition) is 0. The fourth-order valence-electron chi connectivity index (χ4n) is 1.26. The van der Waals surface area contributed by atoms with E-state index in [1.165, 1.54) is 24.1 Å². The Kier molecular flexibility index (Phi) is 5.04. The first-order valence-corrected chi connectivity index (χ1v) is 6.66. The highest BCUT2D eigenvalue weighted by Crippen LogP contribution is 2.20. The molecule has 0 saturated carbocycles. The third-order valence-corrected chi connectivity index (χ3v) is 4.66. The van der Waals surface area contributed by atoms with Crippen molar-refractivity contribution in [1.29, 1.82) is 0 Å². The van der Waals surface area contributed by atoms with Crippen LogP contribution in [0.3, 0.4) is 0 Å². The minimum Gasteiger partial charge on any atom is -0.149 e. The van der Waals surface area contributed by atoms with Crippen molar-refractivity contribution >= 4 is 27.3 Å².